The summed E-state index contributed by atoms with van der Waals surface area (Å²) in [5, 5.41) is 3.24. The standard InChI is InChI=1S/C14H25N3O/c1-5-15-14-9-13(7-8-16-14)10-17(6-2)12(3)11-18-4/h7-9,12H,5-6,10-11H2,1-4H3,(H,15,16). The molecule has 1 N–H and O–H groups in total. The van der Waals surface area contributed by atoms with Crippen LogP contribution < -0.4 is 5.32 Å². The molecule has 0 spiro atoms. The van der Waals surface area contributed by atoms with Crippen LogP contribution in [0.1, 0.15) is 26.3 Å². The van der Waals surface area contributed by atoms with Gasteiger partial charge in [-0.2, -0.15) is 0 Å². The zero-order valence-corrected chi connectivity index (χ0v) is 11.9. The second kappa shape index (κ2) is 8.06. The van der Waals surface area contributed by atoms with Crippen molar-refractivity contribution < 1.29 is 4.74 Å². The van der Waals surface area contributed by atoms with E-state index in [0.29, 0.717) is 6.04 Å². The fraction of sp³-hybridized carbons (Fsp3) is 0.643. The lowest BCUT2D eigenvalue weighted by Gasteiger charge is -2.27. The van der Waals surface area contributed by atoms with Gasteiger partial charge in [0.1, 0.15) is 5.82 Å². The first-order valence-corrected chi connectivity index (χ1v) is 6.63. The van der Waals surface area contributed by atoms with Crippen molar-refractivity contribution in [2.45, 2.75) is 33.4 Å². The molecule has 0 fully saturated rings. The Balaban J connectivity index is 2.66. The van der Waals surface area contributed by atoms with Crippen LogP contribution in [0.5, 0.6) is 0 Å². The number of nitrogens with one attached hydrogen (secondary N) is 1. The summed E-state index contributed by atoms with van der Waals surface area (Å²) in [6.45, 7) is 10.1. The Labute approximate surface area is 110 Å². The van der Waals surface area contributed by atoms with Gasteiger partial charge in [-0.15, -0.1) is 0 Å². The van der Waals surface area contributed by atoms with Crippen LogP contribution in [0.15, 0.2) is 18.3 Å². The van der Waals surface area contributed by atoms with E-state index in [1.54, 1.807) is 7.11 Å². The zero-order chi connectivity index (χ0) is 13.4. The van der Waals surface area contributed by atoms with Gasteiger partial charge < -0.3 is 10.1 Å². The van der Waals surface area contributed by atoms with Gasteiger partial charge in [0.15, 0.2) is 0 Å². The van der Waals surface area contributed by atoms with E-state index in [2.05, 4.69) is 48.1 Å². The summed E-state index contributed by atoms with van der Waals surface area (Å²) in [7, 11) is 1.75. The molecule has 0 aliphatic rings. The maximum Gasteiger partial charge on any atom is 0.126 e. The highest BCUT2D eigenvalue weighted by Gasteiger charge is 2.12. The smallest absolute Gasteiger partial charge is 0.126 e. The van der Waals surface area contributed by atoms with E-state index >= 15 is 0 Å². The number of likely N-dealkylation sites (N-methyl/N-ethyl adjacent to an activating group) is 1. The fourth-order valence-corrected chi connectivity index (χ4v) is 2.01. The topological polar surface area (TPSA) is 37.4 Å². The summed E-state index contributed by atoms with van der Waals surface area (Å²) in [6.07, 6.45) is 1.86. The molecule has 0 aliphatic heterocycles. The van der Waals surface area contributed by atoms with Crippen molar-refractivity contribution in [1.29, 1.82) is 0 Å². The van der Waals surface area contributed by atoms with E-state index in [-0.39, 0.29) is 0 Å². The van der Waals surface area contributed by atoms with Crippen LogP contribution in [-0.2, 0) is 11.3 Å². The third-order valence-electron chi connectivity index (χ3n) is 3.01. The minimum Gasteiger partial charge on any atom is -0.383 e. The molecule has 1 heterocycles. The summed E-state index contributed by atoms with van der Waals surface area (Å²) >= 11 is 0. The highest BCUT2D eigenvalue weighted by molar-refractivity contribution is 5.37. The lowest BCUT2D eigenvalue weighted by molar-refractivity contribution is 0.0982. The number of aromatic nitrogens is 1. The van der Waals surface area contributed by atoms with E-state index in [1.807, 2.05) is 6.20 Å². The molecule has 0 aromatic carbocycles. The number of ether oxygens (including phenoxy) is 1. The summed E-state index contributed by atoms with van der Waals surface area (Å²) < 4.78 is 5.22. The molecular weight excluding hydrogens is 226 g/mol. The predicted molar refractivity (Wildman–Crippen MR) is 75.8 cm³/mol. The van der Waals surface area contributed by atoms with Gasteiger partial charge in [0.25, 0.3) is 0 Å². The zero-order valence-electron chi connectivity index (χ0n) is 11.9. The van der Waals surface area contributed by atoms with Crippen LogP contribution in [0, 0.1) is 0 Å². The predicted octanol–water partition coefficient (Wildman–Crippen LogP) is 2.37. The SMILES string of the molecule is CCNc1cc(CN(CC)C(C)COC)ccn1. The Hall–Kier alpha value is -1.13. The molecule has 1 rings (SSSR count). The van der Waals surface area contributed by atoms with Crippen molar-refractivity contribution in [3.8, 4) is 0 Å². The van der Waals surface area contributed by atoms with Crippen LogP contribution in [-0.4, -0.2) is 42.7 Å². The van der Waals surface area contributed by atoms with Crippen molar-refractivity contribution >= 4 is 5.82 Å². The first-order chi connectivity index (χ1) is 8.71. The molecule has 0 amide bonds. The Bertz CT molecular complexity index is 344. The van der Waals surface area contributed by atoms with Crippen LogP contribution >= 0.6 is 0 Å². The second-order valence-electron chi connectivity index (χ2n) is 4.45. The van der Waals surface area contributed by atoms with E-state index in [9.17, 15) is 0 Å². The first kappa shape index (κ1) is 14.9. The maximum atomic E-state index is 5.22. The molecule has 1 atom stereocenters. The van der Waals surface area contributed by atoms with E-state index < -0.39 is 0 Å². The highest BCUT2D eigenvalue weighted by Crippen LogP contribution is 2.11. The van der Waals surface area contributed by atoms with Crippen LogP contribution in [0.4, 0.5) is 5.82 Å². The van der Waals surface area contributed by atoms with Crippen molar-refractivity contribution in [2.75, 3.05) is 32.1 Å². The molecule has 4 nitrogen and oxygen atoms in total. The highest BCUT2D eigenvalue weighted by atomic mass is 16.5. The van der Waals surface area contributed by atoms with Crippen LogP contribution in [0.2, 0.25) is 0 Å². The lowest BCUT2D eigenvalue weighted by Crippen LogP contribution is -2.35. The maximum absolute atomic E-state index is 5.22. The van der Waals surface area contributed by atoms with Gasteiger partial charge in [-0.25, -0.2) is 4.98 Å². The molecule has 102 valence electrons. The molecule has 1 aromatic heterocycles. The summed E-state index contributed by atoms with van der Waals surface area (Å²) in [5.41, 5.74) is 1.28. The number of nitrogens with zero attached hydrogens (tertiary/aromatic N) is 2. The monoisotopic (exact) mass is 251 g/mol. The van der Waals surface area contributed by atoms with Gasteiger partial charge in [-0.3, -0.25) is 4.90 Å². The van der Waals surface area contributed by atoms with Crippen molar-refractivity contribution in [3.05, 3.63) is 23.9 Å². The number of methoxy groups -OCH3 is 1. The van der Waals surface area contributed by atoms with Gasteiger partial charge >= 0.3 is 0 Å². The van der Waals surface area contributed by atoms with Crippen molar-refractivity contribution in [1.82, 2.24) is 9.88 Å². The Morgan fingerprint density at radius 2 is 2.22 bits per heavy atom. The van der Waals surface area contributed by atoms with Gasteiger partial charge in [0, 0.05) is 32.4 Å². The largest absolute Gasteiger partial charge is 0.383 e. The molecule has 1 aromatic rings. The second-order valence-corrected chi connectivity index (χ2v) is 4.45. The summed E-state index contributed by atoms with van der Waals surface area (Å²) in [6, 6.07) is 4.62. The third-order valence-corrected chi connectivity index (χ3v) is 3.01. The van der Waals surface area contributed by atoms with E-state index in [4.69, 9.17) is 4.74 Å². The van der Waals surface area contributed by atoms with Crippen LogP contribution in [0.3, 0.4) is 0 Å². The quantitative estimate of drug-likeness (QED) is 0.769. The molecule has 4 heteroatoms. The third kappa shape index (κ3) is 4.63. The van der Waals surface area contributed by atoms with Gasteiger partial charge in [0.2, 0.25) is 0 Å². The number of pyridine rings is 1. The average Bonchev–Trinajstić information content (AvgIpc) is 2.37. The molecule has 0 saturated carbocycles. The number of hydrogen-bond acceptors (Lipinski definition) is 4. The molecule has 0 saturated heterocycles. The molecular formula is C14H25N3O. The molecule has 0 bridgehead atoms. The van der Waals surface area contributed by atoms with Gasteiger partial charge in [-0.1, -0.05) is 6.92 Å². The number of rotatable bonds is 8. The van der Waals surface area contributed by atoms with Crippen molar-refractivity contribution in [3.63, 3.8) is 0 Å². The fourth-order valence-electron chi connectivity index (χ4n) is 2.01. The normalized spacial score (nSPS) is 12.7. The summed E-state index contributed by atoms with van der Waals surface area (Å²) in [4.78, 5) is 6.69. The summed E-state index contributed by atoms with van der Waals surface area (Å²) in [5.74, 6) is 0.949. The minimum atomic E-state index is 0.427. The average molecular weight is 251 g/mol. The van der Waals surface area contributed by atoms with Gasteiger partial charge in [-0.05, 0) is 38.1 Å². The van der Waals surface area contributed by atoms with E-state index in [0.717, 1.165) is 32.1 Å². The Kier molecular flexibility index (Phi) is 6.68. The minimum absolute atomic E-state index is 0.427. The van der Waals surface area contributed by atoms with Gasteiger partial charge in [0.05, 0.1) is 6.61 Å². The number of hydrogen-bond donors (Lipinski definition) is 1. The Morgan fingerprint density at radius 1 is 1.44 bits per heavy atom. The van der Waals surface area contributed by atoms with Crippen molar-refractivity contribution in [2.24, 2.45) is 0 Å². The van der Waals surface area contributed by atoms with E-state index in [1.165, 1.54) is 5.56 Å². The van der Waals surface area contributed by atoms with Crippen LogP contribution in [0.25, 0.3) is 0 Å². The molecule has 0 aliphatic carbocycles. The molecule has 1 unspecified atom stereocenters. The Morgan fingerprint density at radius 3 is 2.83 bits per heavy atom. The molecule has 18 heavy (non-hydrogen) atoms. The molecule has 0 radical (unpaired) electrons. The lowest BCUT2D eigenvalue weighted by atomic mass is 10.2. The number of anilines is 1. The first-order valence-electron chi connectivity index (χ1n) is 6.63.